The van der Waals surface area contributed by atoms with Crippen LogP contribution < -0.4 is 4.90 Å². The molecule has 2 heterocycles. The first-order chi connectivity index (χ1) is 15.0. The number of amides is 1. The number of thiazole rings is 1. The average molecular weight is 449 g/mol. The molecular formula is C22H22F3N3O2S. The summed E-state index contributed by atoms with van der Waals surface area (Å²) < 4.78 is 46.7. The molecule has 0 aliphatic carbocycles. The molecule has 1 fully saturated rings. The molecule has 0 atom stereocenters. The topological polar surface area (TPSA) is 45.7 Å². The van der Waals surface area contributed by atoms with E-state index in [0.717, 1.165) is 37.0 Å². The maximum absolute atomic E-state index is 14.2. The molecule has 1 aromatic heterocycles. The molecule has 0 radical (unpaired) electrons. The van der Waals surface area contributed by atoms with Crippen LogP contribution in [0.5, 0.6) is 0 Å². The second-order valence-corrected chi connectivity index (χ2v) is 8.40. The van der Waals surface area contributed by atoms with Gasteiger partial charge in [-0.1, -0.05) is 23.5 Å². The molecule has 164 valence electrons. The van der Waals surface area contributed by atoms with E-state index < -0.39 is 11.6 Å². The summed E-state index contributed by atoms with van der Waals surface area (Å²) in [7, 11) is 0. The lowest BCUT2D eigenvalue weighted by molar-refractivity contribution is -0.118. The van der Waals surface area contributed by atoms with Gasteiger partial charge >= 0.3 is 0 Å². The Kier molecular flexibility index (Phi) is 6.84. The van der Waals surface area contributed by atoms with Gasteiger partial charge in [-0.3, -0.25) is 14.6 Å². The predicted molar refractivity (Wildman–Crippen MR) is 114 cm³/mol. The van der Waals surface area contributed by atoms with E-state index >= 15 is 0 Å². The van der Waals surface area contributed by atoms with Crippen LogP contribution in [0.1, 0.15) is 12.0 Å². The largest absolute Gasteiger partial charge is 0.379 e. The van der Waals surface area contributed by atoms with Crippen LogP contribution >= 0.6 is 11.3 Å². The van der Waals surface area contributed by atoms with E-state index in [4.69, 9.17) is 4.74 Å². The van der Waals surface area contributed by atoms with Crippen LogP contribution in [-0.2, 0) is 16.0 Å². The Morgan fingerprint density at radius 1 is 1.10 bits per heavy atom. The lowest BCUT2D eigenvalue weighted by atomic mass is 10.1. The Balaban J connectivity index is 1.54. The van der Waals surface area contributed by atoms with Gasteiger partial charge in [0.05, 0.1) is 24.3 Å². The summed E-state index contributed by atoms with van der Waals surface area (Å²) in [6, 6.07) is 7.74. The number of benzene rings is 2. The zero-order valence-corrected chi connectivity index (χ0v) is 17.6. The highest BCUT2D eigenvalue weighted by Gasteiger charge is 2.22. The number of morpholine rings is 1. The van der Waals surface area contributed by atoms with E-state index in [-0.39, 0.29) is 23.7 Å². The molecule has 4 rings (SSSR count). The molecule has 0 spiro atoms. The van der Waals surface area contributed by atoms with Crippen LogP contribution in [0.25, 0.3) is 10.2 Å². The molecule has 1 saturated heterocycles. The number of rotatable bonds is 7. The van der Waals surface area contributed by atoms with Crippen molar-refractivity contribution in [3.8, 4) is 0 Å². The highest BCUT2D eigenvalue weighted by atomic mass is 32.1. The first-order valence-electron chi connectivity index (χ1n) is 10.1. The summed E-state index contributed by atoms with van der Waals surface area (Å²) in [6.07, 6.45) is 0.756. The molecular weight excluding hydrogens is 427 g/mol. The number of anilines is 1. The van der Waals surface area contributed by atoms with Crippen LogP contribution in [0.15, 0.2) is 36.4 Å². The monoisotopic (exact) mass is 449 g/mol. The highest BCUT2D eigenvalue weighted by molar-refractivity contribution is 7.22. The second kappa shape index (κ2) is 9.76. The van der Waals surface area contributed by atoms with Crippen molar-refractivity contribution in [1.82, 2.24) is 9.88 Å². The fourth-order valence-electron chi connectivity index (χ4n) is 3.54. The number of halogens is 3. The molecule has 9 heteroatoms. The minimum absolute atomic E-state index is 0.0501. The first kappa shape index (κ1) is 21.7. The van der Waals surface area contributed by atoms with Gasteiger partial charge in [0.1, 0.15) is 17.2 Å². The third-order valence-electron chi connectivity index (χ3n) is 5.16. The molecule has 1 amide bonds. The Morgan fingerprint density at radius 3 is 2.58 bits per heavy atom. The number of ether oxygens (including phenoxy) is 1. The van der Waals surface area contributed by atoms with E-state index in [1.165, 1.54) is 23.1 Å². The summed E-state index contributed by atoms with van der Waals surface area (Å²) in [5, 5.41) is 0.327. The second-order valence-electron chi connectivity index (χ2n) is 7.39. The Hall–Kier alpha value is -2.49. The van der Waals surface area contributed by atoms with Gasteiger partial charge in [0.2, 0.25) is 5.91 Å². The lowest BCUT2D eigenvalue weighted by Crippen LogP contribution is -2.39. The fourth-order valence-corrected chi connectivity index (χ4v) is 4.59. The van der Waals surface area contributed by atoms with Gasteiger partial charge in [0, 0.05) is 32.2 Å². The lowest BCUT2D eigenvalue weighted by Gasteiger charge is -2.27. The van der Waals surface area contributed by atoms with Crippen molar-refractivity contribution in [3.05, 3.63) is 59.4 Å². The minimum Gasteiger partial charge on any atom is -0.379 e. The van der Waals surface area contributed by atoms with E-state index in [2.05, 4.69) is 9.88 Å². The van der Waals surface area contributed by atoms with Crippen LogP contribution in [0, 0.1) is 17.5 Å². The van der Waals surface area contributed by atoms with Crippen molar-refractivity contribution >= 4 is 32.6 Å². The molecule has 0 N–H and O–H groups in total. The van der Waals surface area contributed by atoms with Crippen LogP contribution in [0.4, 0.5) is 18.3 Å². The van der Waals surface area contributed by atoms with E-state index in [0.29, 0.717) is 41.6 Å². The summed E-state index contributed by atoms with van der Waals surface area (Å²) in [5.41, 5.74) is 0.720. The fraction of sp³-hybridized carbons (Fsp3) is 0.364. The standard InChI is InChI=1S/C22H22F3N3O2S/c23-16-4-2-15(3-5-16)12-20(29)28(7-1-6-27-8-10-30-11-9-27)22-26-21-18(25)13-17(24)14-19(21)31-22/h2-5,13-14H,1,6-12H2. The van der Waals surface area contributed by atoms with E-state index in [1.54, 1.807) is 12.1 Å². The van der Waals surface area contributed by atoms with Crippen LogP contribution in [0.2, 0.25) is 0 Å². The van der Waals surface area contributed by atoms with Crippen molar-refractivity contribution in [2.75, 3.05) is 44.3 Å². The maximum atomic E-state index is 14.2. The maximum Gasteiger partial charge on any atom is 0.233 e. The molecule has 3 aromatic rings. The quantitative estimate of drug-likeness (QED) is 0.547. The van der Waals surface area contributed by atoms with Gasteiger partial charge in [-0.05, 0) is 30.2 Å². The van der Waals surface area contributed by atoms with Crippen LogP contribution in [0.3, 0.4) is 0 Å². The zero-order chi connectivity index (χ0) is 21.8. The Labute approximate surface area is 182 Å². The Morgan fingerprint density at radius 2 is 1.84 bits per heavy atom. The number of carbonyl (C=O) groups is 1. The SMILES string of the molecule is O=C(Cc1ccc(F)cc1)N(CCCN1CCOCC1)c1nc2c(F)cc(F)cc2s1. The number of hydrogen-bond donors (Lipinski definition) is 0. The number of nitrogens with zero attached hydrogens (tertiary/aromatic N) is 3. The van der Waals surface area contributed by atoms with Gasteiger partial charge in [-0.15, -0.1) is 0 Å². The number of carbonyl (C=O) groups excluding carboxylic acids is 1. The van der Waals surface area contributed by atoms with Crippen molar-refractivity contribution in [2.24, 2.45) is 0 Å². The van der Waals surface area contributed by atoms with Crippen molar-refractivity contribution < 1.29 is 22.7 Å². The molecule has 1 aliphatic rings. The predicted octanol–water partition coefficient (Wildman–Crippen LogP) is 4.01. The van der Waals surface area contributed by atoms with Crippen molar-refractivity contribution in [2.45, 2.75) is 12.8 Å². The average Bonchev–Trinajstić information content (AvgIpc) is 3.17. The van der Waals surface area contributed by atoms with Crippen molar-refractivity contribution in [1.29, 1.82) is 0 Å². The number of aromatic nitrogens is 1. The van der Waals surface area contributed by atoms with Gasteiger partial charge in [0.25, 0.3) is 0 Å². The Bertz CT molecular complexity index is 1050. The summed E-state index contributed by atoms with van der Waals surface area (Å²) >= 11 is 1.08. The van der Waals surface area contributed by atoms with E-state index in [1.807, 2.05) is 0 Å². The summed E-state index contributed by atoms with van der Waals surface area (Å²) in [4.78, 5) is 21.2. The normalized spacial score (nSPS) is 14.8. The minimum atomic E-state index is -0.753. The number of hydrogen-bond acceptors (Lipinski definition) is 5. The molecule has 1 aliphatic heterocycles. The third kappa shape index (κ3) is 5.41. The van der Waals surface area contributed by atoms with Gasteiger partial charge in [-0.2, -0.15) is 0 Å². The summed E-state index contributed by atoms with van der Waals surface area (Å²) in [5.74, 6) is -2.04. The first-order valence-corrected chi connectivity index (χ1v) is 10.9. The van der Waals surface area contributed by atoms with Gasteiger partial charge in [-0.25, -0.2) is 18.2 Å². The summed E-state index contributed by atoms with van der Waals surface area (Å²) in [6.45, 7) is 4.25. The molecule has 0 bridgehead atoms. The van der Waals surface area contributed by atoms with Crippen LogP contribution in [-0.4, -0.2) is 55.2 Å². The molecule has 2 aromatic carbocycles. The van der Waals surface area contributed by atoms with Crippen molar-refractivity contribution in [3.63, 3.8) is 0 Å². The number of fused-ring (bicyclic) bond motifs is 1. The molecule has 31 heavy (non-hydrogen) atoms. The van der Waals surface area contributed by atoms with Gasteiger partial charge < -0.3 is 4.74 Å². The van der Waals surface area contributed by atoms with E-state index in [9.17, 15) is 18.0 Å². The molecule has 5 nitrogen and oxygen atoms in total. The molecule has 0 saturated carbocycles. The molecule has 0 unspecified atom stereocenters. The van der Waals surface area contributed by atoms with Gasteiger partial charge in [0.15, 0.2) is 10.9 Å². The third-order valence-corrected chi connectivity index (χ3v) is 6.19. The highest BCUT2D eigenvalue weighted by Crippen LogP contribution is 2.31. The smallest absolute Gasteiger partial charge is 0.233 e. The zero-order valence-electron chi connectivity index (χ0n) is 16.8.